The predicted octanol–water partition coefficient (Wildman–Crippen LogP) is 2.87. The molecule has 1 fully saturated rings. The summed E-state index contributed by atoms with van der Waals surface area (Å²) in [6.45, 7) is 9.30. The maximum absolute atomic E-state index is 5.51. The Kier molecular flexibility index (Phi) is 2.27. The van der Waals surface area contributed by atoms with Gasteiger partial charge in [-0.05, 0) is 56.0 Å². The van der Waals surface area contributed by atoms with E-state index >= 15 is 0 Å². The first kappa shape index (κ1) is 10.5. The molecular weight excluding hydrogens is 188 g/mol. The third-order valence-corrected chi connectivity index (χ3v) is 3.38. The molecule has 0 saturated carbocycles. The maximum atomic E-state index is 5.51. The Morgan fingerprint density at radius 2 is 1.87 bits per heavy atom. The minimum Gasteiger partial charge on any atom is -0.496 e. The first-order valence-corrected chi connectivity index (χ1v) is 5.29. The van der Waals surface area contributed by atoms with Gasteiger partial charge in [-0.2, -0.15) is 0 Å². The van der Waals surface area contributed by atoms with Crippen molar-refractivity contribution in [1.29, 1.82) is 0 Å². The van der Waals surface area contributed by atoms with Crippen LogP contribution in [0.4, 0.5) is 0 Å². The fraction of sp³-hybridized carbons (Fsp3) is 0.538. The van der Waals surface area contributed by atoms with E-state index in [1.54, 1.807) is 7.11 Å². The van der Waals surface area contributed by atoms with E-state index in [4.69, 9.17) is 9.47 Å². The summed E-state index contributed by atoms with van der Waals surface area (Å²) in [6.07, 6.45) is 0. The summed E-state index contributed by atoms with van der Waals surface area (Å²) in [5.74, 6) is 1.00. The minimum absolute atomic E-state index is 0.0497. The summed E-state index contributed by atoms with van der Waals surface area (Å²) >= 11 is 0. The fourth-order valence-corrected chi connectivity index (χ4v) is 2.19. The van der Waals surface area contributed by atoms with Crippen LogP contribution in [0.2, 0.25) is 0 Å². The molecule has 1 unspecified atom stereocenters. The molecule has 1 aliphatic heterocycles. The van der Waals surface area contributed by atoms with Crippen LogP contribution in [-0.2, 0) is 10.3 Å². The normalized spacial score (nSPS) is 24.1. The highest BCUT2D eigenvalue weighted by atomic mass is 16.6. The Bertz CT molecular complexity index is 403. The van der Waals surface area contributed by atoms with Gasteiger partial charge in [0, 0.05) is 0 Å². The van der Waals surface area contributed by atoms with Crippen molar-refractivity contribution >= 4 is 0 Å². The van der Waals surface area contributed by atoms with Crippen LogP contribution in [-0.4, -0.2) is 13.7 Å². The van der Waals surface area contributed by atoms with Gasteiger partial charge in [0.15, 0.2) is 0 Å². The van der Waals surface area contributed by atoms with E-state index < -0.39 is 0 Å². The quantitative estimate of drug-likeness (QED) is 0.694. The van der Waals surface area contributed by atoms with Crippen LogP contribution in [0.25, 0.3) is 0 Å². The summed E-state index contributed by atoms with van der Waals surface area (Å²) in [5.41, 5.74) is 4.96. The summed E-state index contributed by atoms with van der Waals surface area (Å²) in [6, 6.07) is 2.19. The Hall–Kier alpha value is -1.02. The van der Waals surface area contributed by atoms with Crippen LogP contribution in [0.15, 0.2) is 6.07 Å². The topological polar surface area (TPSA) is 21.8 Å². The molecule has 15 heavy (non-hydrogen) atoms. The molecule has 1 aromatic rings. The monoisotopic (exact) mass is 206 g/mol. The first-order chi connectivity index (χ1) is 6.99. The van der Waals surface area contributed by atoms with Crippen molar-refractivity contribution in [2.75, 3.05) is 13.7 Å². The van der Waals surface area contributed by atoms with E-state index in [0.29, 0.717) is 0 Å². The van der Waals surface area contributed by atoms with Crippen LogP contribution < -0.4 is 4.74 Å². The summed E-state index contributed by atoms with van der Waals surface area (Å²) < 4.78 is 10.9. The second-order valence-corrected chi connectivity index (χ2v) is 4.54. The Balaban J connectivity index is 2.59. The van der Waals surface area contributed by atoms with Gasteiger partial charge in [-0.1, -0.05) is 0 Å². The van der Waals surface area contributed by atoms with Crippen molar-refractivity contribution < 1.29 is 9.47 Å². The van der Waals surface area contributed by atoms with Gasteiger partial charge in [-0.15, -0.1) is 0 Å². The Morgan fingerprint density at radius 3 is 2.33 bits per heavy atom. The molecule has 1 heterocycles. The molecule has 1 aliphatic rings. The fourth-order valence-electron chi connectivity index (χ4n) is 2.19. The molecular formula is C13H18O2. The molecule has 1 saturated heterocycles. The van der Waals surface area contributed by atoms with Gasteiger partial charge < -0.3 is 9.47 Å². The third kappa shape index (κ3) is 1.53. The minimum atomic E-state index is -0.0497. The second kappa shape index (κ2) is 3.24. The van der Waals surface area contributed by atoms with Gasteiger partial charge in [-0.3, -0.25) is 0 Å². The lowest BCUT2D eigenvalue weighted by atomic mass is 9.91. The van der Waals surface area contributed by atoms with Crippen LogP contribution in [0.5, 0.6) is 5.75 Å². The molecule has 0 bridgehead atoms. The van der Waals surface area contributed by atoms with Crippen molar-refractivity contribution in [2.24, 2.45) is 0 Å². The summed E-state index contributed by atoms with van der Waals surface area (Å²) in [5, 5.41) is 0. The van der Waals surface area contributed by atoms with Gasteiger partial charge in [0.25, 0.3) is 0 Å². The molecule has 0 amide bonds. The van der Waals surface area contributed by atoms with E-state index in [0.717, 1.165) is 12.4 Å². The molecule has 1 aromatic carbocycles. The zero-order chi connectivity index (χ0) is 11.2. The molecule has 0 aromatic heterocycles. The predicted molar refractivity (Wildman–Crippen MR) is 60.5 cm³/mol. The standard InChI is InChI=1S/C13H18O2/c1-8-6-11(13(4)7-15-13)9(2)10(3)12(8)14-5/h6H,7H2,1-5H3. The van der Waals surface area contributed by atoms with Crippen LogP contribution in [0.1, 0.15) is 29.2 Å². The summed E-state index contributed by atoms with van der Waals surface area (Å²) in [4.78, 5) is 0. The van der Waals surface area contributed by atoms with Gasteiger partial charge in [0.1, 0.15) is 11.4 Å². The van der Waals surface area contributed by atoms with E-state index in [2.05, 4.69) is 33.8 Å². The van der Waals surface area contributed by atoms with Gasteiger partial charge >= 0.3 is 0 Å². The molecule has 0 aliphatic carbocycles. The average molecular weight is 206 g/mol. The number of methoxy groups -OCH3 is 1. The molecule has 0 radical (unpaired) electrons. The number of rotatable bonds is 2. The summed E-state index contributed by atoms with van der Waals surface area (Å²) in [7, 11) is 1.73. The van der Waals surface area contributed by atoms with E-state index in [9.17, 15) is 0 Å². The molecule has 0 spiro atoms. The number of hydrogen-bond acceptors (Lipinski definition) is 2. The lowest BCUT2D eigenvalue weighted by molar-refractivity contribution is 0.327. The molecule has 1 atom stereocenters. The number of epoxide rings is 1. The van der Waals surface area contributed by atoms with Crippen molar-refractivity contribution in [2.45, 2.75) is 33.3 Å². The second-order valence-electron chi connectivity index (χ2n) is 4.54. The van der Waals surface area contributed by atoms with Crippen molar-refractivity contribution in [3.05, 3.63) is 28.3 Å². The molecule has 2 heteroatoms. The van der Waals surface area contributed by atoms with Crippen LogP contribution >= 0.6 is 0 Å². The maximum Gasteiger partial charge on any atom is 0.124 e. The van der Waals surface area contributed by atoms with Gasteiger partial charge in [0.05, 0.1) is 13.7 Å². The van der Waals surface area contributed by atoms with Crippen LogP contribution in [0.3, 0.4) is 0 Å². The van der Waals surface area contributed by atoms with Crippen molar-refractivity contribution in [3.8, 4) is 5.75 Å². The highest BCUT2D eigenvalue weighted by Gasteiger charge is 2.42. The number of ether oxygens (including phenoxy) is 2. The van der Waals surface area contributed by atoms with Crippen LogP contribution in [0, 0.1) is 20.8 Å². The third-order valence-electron chi connectivity index (χ3n) is 3.38. The lowest BCUT2D eigenvalue weighted by Gasteiger charge is -2.17. The average Bonchev–Trinajstić information content (AvgIpc) is 2.92. The zero-order valence-electron chi connectivity index (χ0n) is 10.1. The van der Waals surface area contributed by atoms with E-state index in [1.165, 1.54) is 22.3 Å². The largest absolute Gasteiger partial charge is 0.496 e. The van der Waals surface area contributed by atoms with E-state index in [-0.39, 0.29) is 5.60 Å². The highest BCUT2D eigenvalue weighted by Crippen LogP contribution is 2.43. The first-order valence-electron chi connectivity index (χ1n) is 5.29. The highest BCUT2D eigenvalue weighted by molar-refractivity contribution is 5.51. The van der Waals surface area contributed by atoms with Gasteiger partial charge in [0.2, 0.25) is 0 Å². The number of hydrogen-bond donors (Lipinski definition) is 0. The Labute approximate surface area is 91.2 Å². The molecule has 0 N–H and O–H groups in total. The number of benzene rings is 1. The molecule has 82 valence electrons. The van der Waals surface area contributed by atoms with Crippen molar-refractivity contribution in [1.82, 2.24) is 0 Å². The van der Waals surface area contributed by atoms with Gasteiger partial charge in [-0.25, -0.2) is 0 Å². The van der Waals surface area contributed by atoms with E-state index in [1.807, 2.05) is 0 Å². The Morgan fingerprint density at radius 1 is 1.27 bits per heavy atom. The lowest BCUT2D eigenvalue weighted by Crippen LogP contribution is -2.08. The van der Waals surface area contributed by atoms with Crippen molar-refractivity contribution in [3.63, 3.8) is 0 Å². The molecule has 2 rings (SSSR count). The zero-order valence-corrected chi connectivity index (χ0v) is 10.1. The smallest absolute Gasteiger partial charge is 0.124 e. The SMILES string of the molecule is COc1c(C)cc(C2(C)CO2)c(C)c1C. The molecule has 2 nitrogen and oxygen atoms in total. The number of aryl methyl sites for hydroxylation is 1.